The zero-order valence-corrected chi connectivity index (χ0v) is 24.3. The highest BCUT2D eigenvalue weighted by molar-refractivity contribution is 14.1. The molecule has 0 saturated heterocycles. The number of nitroso groups, excluding NO2 is 1. The molecule has 13 nitrogen and oxygen atoms in total. The number of benzene rings is 4. The van der Waals surface area contributed by atoms with Crippen LogP contribution in [0.25, 0.3) is 5.84 Å². The molecule has 1 unspecified atom stereocenters. The van der Waals surface area contributed by atoms with Gasteiger partial charge in [0.2, 0.25) is 0 Å². The van der Waals surface area contributed by atoms with E-state index in [0.717, 1.165) is 5.56 Å². The fourth-order valence-electron chi connectivity index (χ4n) is 3.62. The van der Waals surface area contributed by atoms with Gasteiger partial charge in [-0.1, -0.05) is 12.1 Å². The van der Waals surface area contributed by atoms with E-state index in [1.807, 2.05) is 29.5 Å². The fourth-order valence-corrected chi connectivity index (χ4v) is 4.05. The summed E-state index contributed by atoms with van der Waals surface area (Å²) in [7, 11) is 0. The van der Waals surface area contributed by atoms with Gasteiger partial charge in [-0.25, -0.2) is 5.12 Å². The Balaban J connectivity index is 1.26. The first-order valence-electron chi connectivity index (χ1n) is 12.3. The van der Waals surface area contributed by atoms with E-state index in [1.165, 1.54) is 6.07 Å². The quantitative estimate of drug-likeness (QED) is 0.0432. The number of nitrogens with zero attached hydrogens (tertiary/aromatic N) is 7. The van der Waals surface area contributed by atoms with E-state index in [9.17, 15) is 14.5 Å². The second-order valence-electron chi connectivity index (χ2n) is 8.76. The second kappa shape index (κ2) is 14.1. The smallest absolute Gasteiger partial charge is 0.193 e. The van der Waals surface area contributed by atoms with Crippen molar-refractivity contribution in [3.05, 3.63) is 127 Å². The Morgan fingerprint density at radius 2 is 1.40 bits per heavy atom. The summed E-state index contributed by atoms with van der Waals surface area (Å²) in [5.41, 5.74) is 10.2. The molecule has 0 fully saturated rings. The number of rotatable bonds is 11. The average molecular weight is 674 g/mol. The van der Waals surface area contributed by atoms with Crippen LogP contribution < -0.4 is 10.9 Å². The number of hydrogen-bond donors (Lipinski definition) is 2. The zero-order chi connectivity index (χ0) is 30.1. The van der Waals surface area contributed by atoms with Crippen molar-refractivity contribution >= 4 is 56.9 Å². The van der Waals surface area contributed by atoms with Crippen molar-refractivity contribution in [3.8, 4) is 0 Å². The average Bonchev–Trinajstić information content (AvgIpc) is 3.01. The molecule has 0 heterocycles. The van der Waals surface area contributed by atoms with E-state index in [1.54, 1.807) is 78.9 Å². The predicted octanol–water partition coefficient (Wildman–Crippen LogP) is 7.00. The number of halogens is 1. The third-order valence-electron chi connectivity index (χ3n) is 5.96. The molecule has 0 amide bonds. The van der Waals surface area contributed by atoms with Gasteiger partial charge in [-0.05, 0) is 106 Å². The van der Waals surface area contributed by atoms with Crippen LogP contribution in [0.15, 0.2) is 121 Å². The van der Waals surface area contributed by atoms with Crippen molar-refractivity contribution in [1.29, 1.82) is 0 Å². The number of anilines is 1. The van der Waals surface area contributed by atoms with Crippen molar-refractivity contribution in [2.45, 2.75) is 6.92 Å². The molecule has 0 saturated carbocycles. The van der Waals surface area contributed by atoms with E-state index in [-0.39, 0.29) is 29.0 Å². The number of carbonyl (C=O) groups is 2. The van der Waals surface area contributed by atoms with E-state index < -0.39 is 0 Å². The van der Waals surface area contributed by atoms with E-state index in [0.29, 0.717) is 42.9 Å². The first kappa shape index (κ1) is 30.0. The first-order valence-corrected chi connectivity index (χ1v) is 13.4. The van der Waals surface area contributed by atoms with Crippen LogP contribution in [-0.4, -0.2) is 18.2 Å². The molecule has 0 aliphatic heterocycles. The lowest BCUT2D eigenvalue weighted by Crippen LogP contribution is -2.94. The summed E-state index contributed by atoms with van der Waals surface area (Å²) in [6.45, 7) is 1.74. The van der Waals surface area contributed by atoms with Crippen molar-refractivity contribution in [1.82, 2.24) is 0 Å². The summed E-state index contributed by atoms with van der Waals surface area (Å²) in [5.74, 6) is 7.61. The summed E-state index contributed by atoms with van der Waals surface area (Å²) in [6, 6.07) is 22.7. The molecule has 0 spiro atoms. The normalized spacial score (nSPS) is 12.3. The minimum atomic E-state index is -0.248. The molecule has 4 aromatic rings. The van der Waals surface area contributed by atoms with Crippen LogP contribution in [0, 0.1) is 15.4 Å². The molecular weight excluding hydrogens is 651 g/mol. The number of carbonyl (C=O) groups excluding carboxylic acids is 2. The van der Waals surface area contributed by atoms with Gasteiger partial charge in [-0.2, -0.15) is 10.2 Å². The standard InChI is InChI=1S/C28H23IN10O3/c1-17-2-3-20(14-25(17)30)27(40)19-6-11-23(12-7-19)39(31)38-37-36-33-16-32-34-22-9-4-18(5-10-22)28(41)21-8-13-24(29)26(15-21)35-42/h2-15,31,39H,16,30H2,1H3/b34-32?,36-33?,38-37-. The topological polar surface area (TPSA) is 192 Å². The second-order valence-corrected chi connectivity index (χ2v) is 9.93. The number of nitrogens with two attached hydrogens (primary N) is 1. The molecule has 14 heteroatoms. The monoisotopic (exact) mass is 674 g/mol. The van der Waals surface area contributed by atoms with Gasteiger partial charge in [0.1, 0.15) is 11.4 Å². The highest BCUT2D eigenvalue weighted by Gasteiger charge is 2.13. The predicted molar refractivity (Wildman–Crippen MR) is 164 cm³/mol. The van der Waals surface area contributed by atoms with Gasteiger partial charge < -0.3 is 11.6 Å². The van der Waals surface area contributed by atoms with Crippen LogP contribution in [0.2, 0.25) is 0 Å². The number of azo groups is 1. The highest BCUT2D eigenvalue weighted by atomic mass is 127. The lowest BCUT2D eigenvalue weighted by molar-refractivity contribution is -0.790. The van der Waals surface area contributed by atoms with Crippen molar-refractivity contribution in [3.63, 3.8) is 0 Å². The Morgan fingerprint density at radius 1 is 0.810 bits per heavy atom. The Kier molecular flexibility index (Phi) is 10.1. The maximum Gasteiger partial charge on any atom is 0.193 e. The zero-order valence-electron chi connectivity index (χ0n) is 22.1. The van der Waals surface area contributed by atoms with Crippen LogP contribution in [-0.2, 0) is 0 Å². The van der Waals surface area contributed by atoms with E-state index in [2.05, 4.69) is 36.2 Å². The van der Waals surface area contributed by atoms with Gasteiger partial charge in [0.25, 0.3) is 0 Å². The molecule has 4 N–H and O–H groups in total. The maximum absolute atomic E-state index is 12.7. The molecule has 1 atom stereocenters. The van der Waals surface area contributed by atoms with Crippen molar-refractivity contribution in [2.75, 3.05) is 12.4 Å². The third-order valence-corrected chi connectivity index (χ3v) is 6.87. The third kappa shape index (κ3) is 7.62. The van der Waals surface area contributed by atoms with Gasteiger partial charge in [0.05, 0.1) is 5.69 Å². The molecule has 4 rings (SSSR count). The maximum atomic E-state index is 12.7. The van der Waals surface area contributed by atoms with Crippen molar-refractivity contribution < 1.29 is 14.7 Å². The van der Waals surface area contributed by atoms with Crippen LogP contribution in [0.1, 0.15) is 37.4 Å². The number of nitrogen functional groups attached to an aromatic ring is 1. The minimum Gasteiger partial charge on any atom is -0.434 e. The van der Waals surface area contributed by atoms with Gasteiger partial charge in [-0.3, -0.25) is 9.59 Å². The van der Waals surface area contributed by atoms with E-state index >= 15 is 0 Å². The molecule has 0 bridgehead atoms. The van der Waals surface area contributed by atoms with E-state index in [4.69, 9.17) is 11.6 Å². The molecule has 0 aliphatic carbocycles. The van der Waals surface area contributed by atoms with Gasteiger partial charge in [0.15, 0.2) is 18.2 Å². The van der Waals surface area contributed by atoms with Gasteiger partial charge in [0, 0.05) is 54.1 Å². The summed E-state index contributed by atoms with van der Waals surface area (Å²) < 4.78 is 0.664. The van der Waals surface area contributed by atoms with Crippen LogP contribution in [0.4, 0.5) is 22.7 Å². The number of hydrogen-bond acceptors (Lipinski definition) is 9. The van der Waals surface area contributed by atoms with Gasteiger partial charge >= 0.3 is 0 Å². The largest absolute Gasteiger partial charge is 0.434 e. The highest BCUT2D eigenvalue weighted by Crippen LogP contribution is 2.24. The number of quaternary nitrogens is 1. The van der Waals surface area contributed by atoms with Gasteiger partial charge in [-0.15, -0.1) is 10.0 Å². The summed E-state index contributed by atoms with van der Waals surface area (Å²) in [6.07, 6.45) is 0. The molecule has 210 valence electrons. The number of aryl methyl sites for hydroxylation is 1. The lowest BCUT2D eigenvalue weighted by atomic mass is 10.0. The Labute approximate surface area is 253 Å². The molecule has 0 aliphatic rings. The number of nitrogens with one attached hydrogen (secondary N) is 2. The Morgan fingerprint density at radius 3 is 2.05 bits per heavy atom. The molecule has 0 aromatic heterocycles. The SMILES string of the molecule is Cc1ccc(C(=O)c2ccc([NH+]([NH-])/N=N\N=NCN=Nc3ccc(C(=O)c4ccc(I)c(N=O)c4)cc3)cc2)cc1N. The summed E-state index contributed by atoms with van der Waals surface area (Å²) >= 11 is 1.98. The minimum absolute atomic E-state index is 0.127. The van der Waals surface area contributed by atoms with Crippen LogP contribution >= 0.6 is 22.6 Å². The molecule has 4 aromatic carbocycles. The molecular formula is C28H23IN10O3. The Hall–Kier alpha value is -4.93. The first-order chi connectivity index (χ1) is 20.3. The molecule has 42 heavy (non-hydrogen) atoms. The van der Waals surface area contributed by atoms with Crippen LogP contribution in [0.3, 0.4) is 0 Å². The fraction of sp³-hybridized carbons (Fsp3) is 0.0714. The number of ketones is 2. The summed E-state index contributed by atoms with van der Waals surface area (Å²) in [5, 5.41) is 25.1. The Bertz CT molecular complexity index is 1700. The molecule has 0 radical (unpaired) electrons. The van der Waals surface area contributed by atoms with Crippen LogP contribution in [0.5, 0.6) is 0 Å². The van der Waals surface area contributed by atoms with Crippen molar-refractivity contribution in [2.24, 2.45) is 36.2 Å². The lowest BCUT2D eigenvalue weighted by Gasteiger charge is -2.11. The summed E-state index contributed by atoms with van der Waals surface area (Å²) in [4.78, 5) is 36.3.